The van der Waals surface area contributed by atoms with Gasteiger partial charge in [-0.2, -0.15) is 0 Å². The molecule has 9 heteroatoms. The number of likely N-dealkylation sites (N-methyl/N-ethyl adjacent to an activating group) is 1. The van der Waals surface area contributed by atoms with Gasteiger partial charge < -0.3 is 26.8 Å². The SMILES string of the molecule is C=CCC(C)(N)Cc1cc(C(C)C)c2c(c1O)C(O)=C1C(=O)C3C(=O)C(C(N)=O)=C(O)[C@@H](N(C)C)C3CC1C2. The van der Waals surface area contributed by atoms with Crippen LogP contribution in [0.1, 0.15) is 61.8 Å². The minimum absolute atomic E-state index is 0.0545. The number of fused-ring (bicyclic) bond motifs is 3. The van der Waals surface area contributed by atoms with Crippen molar-refractivity contribution in [3.8, 4) is 5.75 Å². The summed E-state index contributed by atoms with van der Waals surface area (Å²) in [5.74, 6) is -5.71. The first-order chi connectivity index (χ1) is 18.1. The number of Topliss-reactive ketones (excluding diaryl/α,β-unsaturated/α-hetero) is 2. The Labute approximate surface area is 228 Å². The molecule has 1 aromatic carbocycles. The fraction of sp³-hybridized carbons (Fsp3) is 0.500. The molecule has 0 heterocycles. The first-order valence-corrected chi connectivity index (χ1v) is 13.3. The summed E-state index contributed by atoms with van der Waals surface area (Å²) in [5, 5.41) is 33.9. The fourth-order valence-electron chi connectivity index (χ4n) is 6.91. The largest absolute Gasteiger partial charge is 0.510 e. The van der Waals surface area contributed by atoms with Gasteiger partial charge in [-0.25, -0.2) is 0 Å². The van der Waals surface area contributed by atoms with Gasteiger partial charge in [-0.15, -0.1) is 6.58 Å². The van der Waals surface area contributed by atoms with Crippen LogP contribution in [0.3, 0.4) is 0 Å². The zero-order valence-electron chi connectivity index (χ0n) is 23.2. The highest BCUT2D eigenvalue weighted by Gasteiger charge is 2.56. The van der Waals surface area contributed by atoms with Crippen molar-refractivity contribution in [3.05, 3.63) is 57.9 Å². The number of carbonyl (C=O) groups excluding carboxylic acids is 3. The molecule has 4 rings (SSSR count). The second-order valence-electron chi connectivity index (χ2n) is 12.1. The Kier molecular flexibility index (Phi) is 7.29. The molecule has 0 aliphatic heterocycles. The van der Waals surface area contributed by atoms with Crippen molar-refractivity contribution < 1.29 is 29.7 Å². The smallest absolute Gasteiger partial charge is 0.255 e. The molecule has 0 saturated heterocycles. The summed E-state index contributed by atoms with van der Waals surface area (Å²) in [6.07, 6.45) is 3.24. The zero-order valence-corrected chi connectivity index (χ0v) is 23.2. The average molecular weight is 538 g/mol. The number of rotatable bonds is 7. The van der Waals surface area contributed by atoms with Crippen molar-refractivity contribution in [3.63, 3.8) is 0 Å². The minimum atomic E-state index is -1.28. The third-order valence-electron chi connectivity index (χ3n) is 8.50. The molecule has 1 aromatic rings. The maximum Gasteiger partial charge on any atom is 0.255 e. The number of allylic oxidation sites excluding steroid dienone is 1. The van der Waals surface area contributed by atoms with Gasteiger partial charge in [0.1, 0.15) is 22.8 Å². The number of amides is 1. The normalized spacial score (nSPS) is 26.4. The number of phenols is 1. The van der Waals surface area contributed by atoms with E-state index in [-0.39, 0.29) is 28.6 Å². The number of benzene rings is 1. The van der Waals surface area contributed by atoms with Crippen molar-refractivity contribution in [2.24, 2.45) is 29.2 Å². The number of ketones is 2. The number of aliphatic hydroxyl groups is 2. The predicted molar refractivity (Wildman–Crippen MR) is 148 cm³/mol. The summed E-state index contributed by atoms with van der Waals surface area (Å²) in [6, 6.07) is 1.16. The molecular weight excluding hydrogens is 498 g/mol. The van der Waals surface area contributed by atoms with Crippen LogP contribution in [0.2, 0.25) is 0 Å². The lowest BCUT2D eigenvalue weighted by molar-refractivity contribution is -0.136. The summed E-state index contributed by atoms with van der Waals surface area (Å²) in [4.78, 5) is 41.1. The number of hydrogen-bond acceptors (Lipinski definition) is 8. The number of aromatic hydroxyl groups is 1. The van der Waals surface area contributed by atoms with Crippen molar-refractivity contribution in [1.82, 2.24) is 4.90 Å². The lowest BCUT2D eigenvalue weighted by Gasteiger charge is -2.46. The highest BCUT2D eigenvalue weighted by atomic mass is 16.3. The van der Waals surface area contributed by atoms with Crippen LogP contribution in [0.15, 0.2) is 35.6 Å². The van der Waals surface area contributed by atoms with E-state index < -0.39 is 58.1 Å². The maximum atomic E-state index is 14.0. The molecular formula is C30H39N3O6. The summed E-state index contributed by atoms with van der Waals surface area (Å²) in [5.41, 5.74) is 13.1. The molecule has 1 saturated carbocycles. The Morgan fingerprint density at radius 2 is 1.87 bits per heavy atom. The lowest BCUT2D eigenvalue weighted by atomic mass is 9.59. The molecule has 3 aliphatic rings. The van der Waals surface area contributed by atoms with Gasteiger partial charge in [0.05, 0.1) is 17.5 Å². The van der Waals surface area contributed by atoms with Crippen LogP contribution < -0.4 is 11.5 Å². The van der Waals surface area contributed by atoms with E-state index in [4.69, 9.17) is 11.5 Å². The first kappa shape index (κ1) is 28.6. The number of nitrogens with zero attached hydrogens (tertiary/aromatic N) is 1. The van der Waals surface area contributed by atoms with E-state index in [0.717, 1.165) is 11.1 Å². The molecule has 4 unspecified atom stereocenters. The van der Waals surface area contributed by atoms with Gasteiger partial charge in [0.2, 0.25) is 0 Å². The lowest BCUT2D eigenvalue weighted by Crippen LogP contribution is -2.55. The van der Waals surface area contributed by atoms with Gasteiger partial charge in [0, 0.05) is 11.1 Å². The second kappa shape index (κ2) is 9.95. The summed E-state index contributed by atoms with van der Waals surface area (Å²) >= 11 is 0. The Balaban J connectivity index is 1.91. The van der Waals surface area contributed by atoms with E-state index in [1.165, 1.54) is 0 Å². The molecule has 7 N–H and O–H groups in total. The van der Waals surface area contributed by atoms with Gasteiger partial charge in [0.15, 0.2) is 11.6 Å². The molecule has 0 radical (unpaired) electrons. The quantitative estimate of drug-likeness (QED) is 0.201. The zero-order chi connectivity index (χ0) is 29.1. The topological polar surface area (TPSA) is 167 Å². The molecule has 0 aromatic heterocycles. The van der Waals surface area contributed by atoms with Gasteiger partial charge in [0.25, 0.3) is 5.91 Å². The summed E-state index contributed by atoms with van der Waals surface area (Å²) in [7, 11) is 3.40. The van der Waals surface area contributed by atoms with Gasteiger partial charge >= 0.3 is 0 Å². The van der Waals surface area contributed by atoms with E-state index in [9.17, 15) is 29.7 Å². The summed E-state index contributed by atoms with van der Waals surface area (Å²) in [6.45, 7) is 9.67. The van der Waals surface area contributed by atoms with E-state index in [0.29, 0.717) is 31.2 Å². The molecule has 39 heavy (non-hydrogen) atoms. The summed E-state index contributed by atoms with van der Waals surface area (Å²) < 4.78 is 0. The highest BCUT2D eigenvalue weighted by molar-refractivity contribution is 6.28. The highest BCUT2D eigenvalue weighted by Crippen LogP contribution is 2.52. The van der Waals surface area contributed by atoms with E-state index >= 15 is 0 Å². The van der Waals surface area contributed by atoms with Crippen LogP contribution in [-0.2, 0) is 27.2 Å². The number of phenolic OH excluding ortho intramolecular Hbond substituents is 1. The molecule has 0 spiro atoms. The van der Waals surface area contributed by atoms with E-state index in [2.05, 4.69) is 6.58 Å². The van der Waals surface area contributed by atoms with Crippen LogP contribution in [-0.4, -0.2) is 63.4 Å². The number of primary amides is 1. The average Bonchev–Trinajstić information content (AvgIpc) is 2.79. The third-order valence-corrected chi connectivity index (χ3v) is 8.50. The van der Waals surface area contributed by atoms with Crippen molar-refractivity contribution in [1.29, 1.82) is 0 Å². The minimum Gasteiger partial charge on any atom is -0.510 e. The molecule has 3 aliphatic carbocycles. The first-order valence-electron chi connectivity index (χ1n) is 13.3. The standard InChI is InChI=1S/C30H39N3O6/c1-7-8-30(4,32)12-15-11-16(13(2)3)17-9-14-10-18-21(26(36)19(14)25(35)20(17)24(15)34)27(37)22(29(31)39)28(38)23(18)33(5)6/h7,11,13-14,18,21,23,34-35,38H,1,8-10,12,32H2,2-6H3,(H2,31,39)/t14?,18?,21?,23-,30?/m0/s1. The molecule has 1 fully saturated rings. The fourth-order valence-corrected chi connectivity index (χ4v) is 6.91. The number of nitrogens with two attached hydrogens (primary N) is 2. The number of hydrogen-bond donors (Lipinski definition) is 5. The number of carbonyl (C=O) groups is 3. The predicted octanol–water partition coefficient (Wildman–Crippen LogP) is 2.81. The monoisotopic (exact) mass is 537 g/mol. The van der Waals surface area contributed by atoms with Gasteiger partial charge in [-0.1, -0.05) is 26.0 Å². The molecule has 210 valence electrons. The van der Waals surface area contributed by atoms with Crippen LogP contribution >= 0.6 is 0 Å². The Hall–Kier alpha value is -3.43. The molecule has 9 nitrogen and oxygen atoms in total. The van der Waals surface area contributed by atoms with Crippen LogP contribution in [0.4, 0.5) is 0 Å². The maximum absolute atomic E-state index is 14.0. The van der Waals surface area contributed by atoms with Crippen LogP contribution in [0, 0.1) is 17.8 Å². The molecule has 5 atom stereocenters. The Morgan fingerprint density at radius 1 is 1.23 bits per heavy atom. The van der Waals surface area contributed by atoms with E-state index in [1.807, 2.05) is 26.8 Å². The second-order valence-corrected chi connectivity index (χ2v) is 12.1. The van der Waals surface area contributed by atoms with Crippen LogP contribution in [0.5, 0.6) is 5.75 Å². The third kappa shape index (κ3) is 4.57. The Bertz CT molecular complexity index is 1340. The van der Waals surface area contributed by atoms with Gasteiger partial charge in [-0.05, 0) is 81.1 Å². The van der Waals surface area contributed by atoms with Gasteiger partial charge in [-0.3, -0.25) is 19.3 Å². The van der Waals surface area contributed by atoms with Crippen molar-refractivity contribution in [2.45, 2.75) is 64.0 Å². The van der Waals surface area contributed by atoms with Crippen molar-refractivity contribution in [2.75, 3.05) is 14.1 Å². The van der Waals surface area contributed by atoms with Crippen molar-refractivity contribution >= 4 is 23.2 Å². The van der Waals surface area contributed by atoms with E-state index in [1.54, 1.807) is 25.1 Å². The molecule has 0 bridgehead atoms. The van der Waals surface area contributed by atoms with Crippen LogP contribution in [0.25, 0.3) is 5.76 Å². The molecule has 1 amide bonds. The Morgan fingerprint density at radius 3 is 2.41 bits per heavy atom. The number of aliphatic hydroxyl groups excluding tert-OH is 2.